The Kier molecular flexibility index (Phi) is 8.35. The van der Waals surface area contributed by atoms with Crippen molar-refractivity contribution in [2.75, 3.05) is 13.2 Å². The summed E-state index contributed by atoms with van der Waals surface area (Å²) >= 11 is 0. The molecule has 0 amide bonds. The Hall–Kier alpha value is -2.14. The zero-order valence-corrected chi connectivity index (χ0v) is 15.8. The van der Waals surface area contributed by atoms with Gasteiger partial charge in [-0.3, -0.25) is 9.69 Å². The van der Waals surface area contributed by atoms with Crippen LogP contribution in [0.15, 0.2) is 42.5 Å². The van der Waals surface area contributed by atoms with E-state index < -0.39 is 5.60 Å². The van der Waals surface area contributed by atoms with Crippen molar-refractivity contribution in [3.8, 4) is 0 Å². The van der Waals surface area contributed by atoms with Crippen LogP contribution in [0.1, 0.15) is 40.2 Å². The fourth-order valence-corrected chi connectivity index (χ4v) is 2.23. The van der Waals surface area contributed by atoms with E-state index in [0.29, 0.717) is 13.2 Å². The number of esters is 2. The van der Waals surface area contributed by atoms with E-state index in [1.54, 1.807) is 13.0 Å². The van der Waals surface area contributed by atoms with Crippen LogP contribution in [0.5, 0.6) is 0 Å². The van der Waals surface area contributed by atoms with Gasteiger partial charge in [0, 0.05) is 18.7 Å². The smallest absolute Gasteiger partial charge is 0.330 e. The molecule has 0 aliphatic heterocycles. The monoisotopic (exact) mass is 347 g/mol. The van der Waals surface area contributed by atoms with Crippen LogP contribution in [0.4, 0.5) is 0 Å². The third kappa shape index (κ3) is 9.05. The van der Waals surface area contributed by atoms with Crippen molar-refractivity contribution < 1.29 is 19.1 Å². The quantitative estimate of drug-likeness (QED) is 0.533. The molecule has 0 spiro atoms. The van der Waals surface area contributed by atoms with Crippen molar-refractivity contribution in [3.63, 3.8) is 0 Å². The highest BCUT2D eigenvalue weighted by Crippen LogP contribution is 2.12. The normalized spacial score (nSPS) is 13.0. The first-order valence-electron chi connectivity index (χ1n) is 8.56. The molecule has 5 heteroatoms. The fraction of sp³-hybridized carbons (Fsp3) is 0.500. The third-order valence-corrected chi connectivity index (χ3v) is 3.35. The Morgan fingerprint density at radius 2 is 1.84 bits per heavy atom. The zero-order chi connectivity index (χ0) is 18.9. The predicted octanol–water partition coefficient (Wildman–Crippen LogP) is 3.34. The second-order valence-corrected chi connectivity index (χ2v) is 6.83. The van der Waals surface area contributed by atoms with Gasteiger partial charge >= 0.3 is 11.9 Å². The number of rotatable bonds is 8. The number of nitrogens with zero attached hydrogens (tertiary/aromatic N) is 1. The molecule has 0 saturated carbocycles. The van der Waals surface area contributed by atoms with Crippen LogP contribution < -0.4 is 0 Å². The Morgan fingerprint density at radius 1 is 1.20 bits per heavy atom. The van der Waals surface area contributed by atoms with Gasteiger partial charge in [-0.25, -0.2) is 4.79 Å². The first kappa shape index (κ1) is 20.9. The van der Waals surface area contributed by atoms with Crippen LogP contribution in [0.2, 0.25) is 0 Å². The number of carbonyl (C=O) groups is 2. The minimum absolute atomic E-state index is 0.128. The van der Waals surface area contributed by atoms with Crippen LogP contribution in [0, 0.1) is 0 Å². The molecule has 0 N–H and O–H groups in total. The molecule has 1 atom stereocenters. The Balaban J connectivity index is 2.82. The average molecular weight is 347 g/mol. The molecule has 0 aliphatic rings. The van der Waals surface area contributed by atoms with E-state index in [4.69, 9.17) is 9.47 Å². The van der Waals surface area contributed by atoms with Gasteiger partial charge in [0.05, 0.1) is 13.2 Å². The highest BCUT2D eigenvalue weighted by atomic mass is 16.6. The van der Waals surface area contributed by atoms with Crippen LogP contribution >= 0.6 is 0 Å². The van der Waals surface area contributed by atoms with Crippen LogP contribution in [-0.2, 0) is 25.6 Å². The highest BCUT2D eigenvalue weighted by Gasteiger charge is 2.21. The summed E-state index contributed by atoms with van der Waals surface area (Å²) in [5.74, 6) is -0.675. The number of ether oxygens (including phenoxy) is 2. The fourth-order valence-electron chi connectivity index (χ4n) is 2.23. The van der Waals surface area contributed by atoms with Crippen molar-refractivity contribution in [2.24, 2.45) is 0 Å². The maximum atomic E-state index is 12.2. The summed E-state index contributed by atoms with van der Waals surface area (Å²) in [6.07, 6.45) is 3.15. The van der Waals surface area contributed by atoms with E-state index >= 15 is 0 Å². The summed E-state index contributed by atoms with van der Waals surface area (Å²) < 4.78 is 10.3. The molecule has 0 bridgehead atoms. The second kappa shape index (κ2) is 9.99. The van der Waals surface area contributed by atoms with Gasteiger partial charge in [-0.05, 0) is 40.2 Å². The van der Waals surface area contributed by atoms with Crippen LogP contribution in [-0.4, -0.2) is 41.6 Å². The van der Waals surface area contributed by atoms with Gasteiger partial charge < -0.3 is 9.47 Å². The second-order valence-electron chi connectivity index (χ2n) is 6.83. The van der Waals surface area contributed by atoms with Crippen LogP contribution in [0.3, 0.4) is 0 Å². The molecule has 5 nitrogen and oxygen atoms in total. The Labute approximate surface area is 150 Å². The molecule has 0 unspecified atom stereocenters. The molecule has 1 rings (SSSR count). The topological polar surface area (TPSA) is 55.8 Å². The van der Waals surface area contributed by atoms with E-state index in [1.165, 1.54) is 6.08 Å². The number of benzene rings is 1. The summed E-state index contributed by atoms with van der Waals surface area (Å²) in [5, 5.41) is 0. The van der Waals surface area contributed by atoms with Gasteiger partial charge in [0.25, 0.3) is 0 Å². The molecule has 0 aromatic heterocycles. The van der Waals surface area contributed by atoms with Gasteiger partial charge in [-0.2, -0.15) is 0 Å². The Morgan fingerprint density at radius 3 is 2.40 bits per heavy atom. The van der Waals surface area contributed by atoms with E-state index in [-0.39, 0.29) is 24.5 Å². The summed E-state index contributed by atoms with van der Waals surface area (Å²) in [7, 11) is 0. The first-order valence-corrected chi connectivity index (χ1v) is 8.56. The molecular weight excluding hydrogens is 318 g/mol. The summed E-state index contributed by atoms with van der Waals surface area (Å²) in [5.41, 5.74) is 0.557. The minimum atomic E-state index is -0.528. The number of carbonyl (C=O) groups excluding carboxylic acids is 2. The van der Waals surface area contributed by atoms with Gasteiger partial charge in [-0.1, -0.05) is 36.4 Å². The van der Waals surface area contributed by atoms with Gasteiger partial charge in [0.15, 0.2) is 0 Å². The van der Waals surface area contributed by atoms with Gasteiger partial charge in [-0.15, -0.1) is 0 Å². The van der Waals surface area contributed by atoms with Crippen LogP contribution in [0.25, 0.3) is 0 Å². The van der Waals surface area contributed by atoms with E-state index in [2.05, 4.69) is 0 Å². The lowest BCUT2D eigenvalue weighted by atomic mass is 10.1. The summed E-state index contributed by atoms with van der Waals surface area (Å²) in [4.78, 5) is 25.7. The lowest BCUT2D eigenvalue weighted by Gasteiger charge is -2.28. The molecule has 1 aromatic carbocycles. The standard InChI is InChI=1S/C20H29NO4/c1-6-24-18(22)13-12-16(2)21(14-17-10-8-7-9-11-17)15-19(23)25-20(3,4)5/h7-13,16H,6,14-15H2,1-5H3/b13-12+/t16-/m0/s1. The van der Waals surface area contributed by atoms with Crippen molar-refractivity contribution in [2.45, 2.75) is 52.8 Å². The molecule has 0 saturated heterocycles. The van der Waals surface area contributed by atoms with Gasteiger partial charge in [0.2, 0.25) is 0 Å². The molecule has 0 heterocycles. The lowest BCUT2D eigenvalue weighted by molar-refractivity contribution is -0.156. The Bertz CT molecular complexity index is 575. The predicted molar refractivity (Wildman–Crippen MR) is 97.9 cm³/mol. The maximum absolute atomic E-state index is 12.2. The van der Waals surface area contributed by atoms with Crippen molar-refractivity contribution in [1.82, 2.24) is 4.90 Å². The summed E-state index contributed by atoms with van der Waals surface area (Å²) in [6, 6.07) is 9.75. The van der Waals surface area contributed by atoms with Crippen molar-refractivity contribution in [3.05, 3.63) is 48.0 Å². The van der Waals surface area contributed by atoms with E-state index in [0.717, 1.165) is 5.56 Å². The van der Waals surface area contributed by atoms with Crippen molar-refractivity contribution in [1.29, 1.82) is 0 Å². The maximum Gasteiger partial charge on any atom is 0.330 e. The first-order chi connectivity index (χ1) is 11.7. The molecule has 0 aliphatic carbocycles. The van der Waals surface area contributed by atoms with E-state index in [1.807, 2.05) is 62.9 Å². The number of hydrogen-bond donors (Lipinski definition) is 0. The van der Waals surface area contributed by atoms with E-state index in [9.17, 15) is 9.59 Å². The highest BCUT2D eigenvalue weighted by molar-refractivity contribution is 5.82. The molecule has 0 fully saturated rings. The molecular formula is C20H29NO4. The summed E-state index contributed by atoms with van der Waals surface area (Å²) in [6.45, 7) is 10.3. The largest absolute Gasteiger partial charge is 0.463 e. The molecule has 138 valence electrons. The third-order valence-electron chi connectivity index (χ3n) is 3.35. The van der Waals surface area contributed by atoms with Crippen molar-refractivity contribution >= 4 is 11.9 Å². The lowest BCUT2D eigenvalue weighted by Crippen LogP contribution is -2.39. The molecule has 1 aromatic rings. The zero-order valence-electron chi connectivity index (χ0n) is 15.8. The number of hydrogen-bond acceptors (Lipinski definition) is 5. The molecule has 25 heavy (non-hydrogen) atoms. The molecule has 0 radical (unpaired) electrons. The SMILES string of the molecule is CCOC(=O)/C=C/[C@H](C)N(CC(=O)OC(C)(C)C)Cc1ccccc1. The van der Waals surface area contributed by atoms with Gasteiger partial charge in [0.1, 0.15) is 5.60 Å². The minimum Gasteiger partial charge on any atom is -0.463 e. The average Bonchev–Trinajstić information content (AvgIpc) is 2.51.